The van der Waals surface area contributed by atoms with E-state index in [9.17, 15) is 4.79 Å². The molecule has 1 unspecified atom stereocenters. The van der Waals surface area contributed by atoms with Crippen LogP contribution in [0.1, 0.15) is 13.3 Å². The maximum atomic E-state index is 11.6. The van der Waals surface area contributed by atoms with Gasteiger partial charge in [-0.05, 0) is 25.1 Å². The van der Waals surface area contributed by atoms with Gasteiger partial charge in [0.1, 0.15) is 24.0 Å². The van der Waals surface area contributed by atoms with Crippen molar-refractivity contribution in [1.82, 2.24) is 19.9 Å². The lowest BCUT2D eigenvalue weighted by Crippen LogP contribution is -2.28. The van der Waals surface area contributed by atoms with Crippen molar-refractivity contribution in [3.05, 3.63) is 30.6 Å². The van der Waals surface area contributed by atoms with Crippen LogP contribution in [-0.2, 0) is 11.8 Å². The van der Waals surface area contributed by atoms with Gasteiger partial charge in [0.2, 0.25) is 11.8 Å². The number of anilines is 1. The molecule has 4 heterocycles. The Hall–Kier alpha value is -3.29. The molecule has 30 heavy (non-hydrogen) atoms. The van der Waals surface area contributed by atoms with E-state index in [0.29, 0.717) is 25.5 Å². The van der Waals surface area contributed by atoms with Gasteiger partial charge < -0.3 is 24.3 Å². The summed E-state index contributed by atoms with van der Waals surface area (Å²) in [5.41, 5.74) is 4.47. The van der Waals surface area contributed by atoms with Gasteiger partial charge in [-0.1, -0.05) is 6.07 Å². The third-order valence-electron chi connectivity index (χ3n) is 5.98. The van der Waals surface area contributed by atoms with Crippen LogP contribution in [0.4, 0.5) is 5.69 Å². The highest BCUT2D eigenvalue weighted by molar-refractivity contribution is 5.85. The molecule has 1 N–H and O–H groups in total. The fourth-order valence-electron chi connectivity index (χ4n) is 4.12. The number of aryl methyl sites for hydroxylation is 1. The molecule has 0 aliphatic carbocycles. The number of hydrogen-bond donors (Lipinski definition) is 1. The number of rotatable bonds is 4. The van der Waals surface area contributed by atoms with Crippen molar-refractivity contribution in [3.63, 3.8) is 0 Å². The van der Waals surface area contributed by atoms with Crippen LogP contribution in [-0.4, -0.2) is 53.3 Å². The van der Waals surface area contributed by atoms with Gasteiger partial charge in [0.15, 0.2) is 0 Å². The summed E-state index contributed by atoms with van der Waals surface area (Å²) < 4.78 is 14.1. The van der Waals surface area contributed by atoms with Gasteiger partial charge in [-0.15, -0.1) is 0 Å². The van der Waals surface area contributed by atoms with Crippen molar-refractivity contribution >= 4 is 22.6 Å². The van der Waals surface area contributed by atoms with Crippen LogP contribution in [0.5, 0.6) is 11.6 Å². The quantitative estimate of drug-likeness (QED) is 0.715. The van der Waals surface area contributed by atoms with Crippen molar-refractivity contribution in [1.29, 1.82) is 0 Å². The predicted molar refractivity (Wildman–Crippen MR) is 114 cm³/mol. The molecular weight excluding hydrogens is 382 g/mol. The second-order valence-electron chi connectivity index (χ2n) is 8.08. The number of amides is 1. The van der Waals surface area contributed by atoms with E-state index in [4.69, 9.17) is 14.5 Å². The van der Waals surface area contributed by atoms with E-state index in [0.717, 1.165) is 40.3 Å². The molecule has 2 aliphatic rings. The summed E-state index contributed by atoms with van der Waals surface area (Å²) in [5, 5.41) is 2.87. The molecule has 0 radical (unpaired) electrons. The molecule has 8 nitrogen and oxygen atoms in total. The van der Waals surface area contributed by atoms with Crippen LogP contribution in [0, 0.1) is 5.92 Å². The lowest BCUT2D eigenvalue weighted by molar-refractivity contribution is -0.119. The summed E-state index contributed by atoms with van der Waals surface area (Å²) >= 11 is 0. The van der Waals surface area contributed by atoms with Crippen LogP contribution < -0.4 is 19.7 Å². The van der Waals surface area contributed by atoms with Crippen molar-refractivity contribution in [2.75, 3.05) is 31.6 Å². The van der Waals surface area contributed by atoms with E-state index in [2.05, 4.69) is 28.3 Å². The van der Waals surface area contributed by atoms with E-state index in [-0.39, 0.29) is 17.9 Å². The van der Waals surface area contributed by atoms with E-state index in [1.54, 1.807) is 6.33 Å². The van der Waals surface area contributed by atoms with Crippen molar-refractivity contribution in [2.24, 2.45) is 13.0 Å². The van der Waals surface area contributed by atoms with Crippen molar-refractivity contribution in [2.45, 2.75) is 19.4 Å². The third-order valence-corrected chi connectivity index (χ3v) is 5.98. The maximum Gasteiger partial charge on any atom is 0.241 e. The number of hydrogen-bond acceptors (Lipinski definition) is 6. The number of nitrogens with one attached hydrogen (secondary N) is 1. The molecule has 1 amide bonds. The zero-order chi connectivity index (χ0) is 20.8. The van der Waals surface area contributed by atoms with Gasteiger partial charge in [0.25, 0.3) is 0 Å². The number of benzene rings is 1. The molecular formula is C22H25N5O3. The fourth-order valence-corrected chi connectivity index (χ4v) is 4.12. The minimum absolute atomic E-state index is 0.0712. The third kappa shape index (κ3) is 3.22. The number of aromatic nitrogens is 3. The second-order valence-corrected chi connectivity index (χ2v) is 8.08. The van der Waals surface area contributed by atoms with Crippen LogP contribution in [0.15, 0.2) is 30.6 Å². The highest BCUT2D eigenvalue weighted by atomic mass is 16.5. The highest BCUT2D eigenvalue weighted by Crippen LogP contribution is 2.36. The SMILES string of the molecule is CC(Oc1nc(-c2ccc3c(c2)OCCN3C)cc2ncn(C)c12)[C@H]1CNC(=O)C1. The van der Waals surface area contributed by atoms with E-state index in [1.165, 1.54) is 0 Å². The molecule has 5 rings (SSSR count). The van der Waals surface area contributed by atoms with Crippen molar-refractivity contribution in [3.8, 4) is 22.9 Å². The standard InChI is InChI=1S/C22H25N5O3/c1-13(15-9-20(28)23-11-15)30-22-21-17(24-12-27(21)3)10-16(25-22)14-4-5-18-19(8-14)29-7-6-26(18)2/h4-5,8,10,12-13,15H,6-7,9,11H2,1-3H3,(H,23,28)/t13?,15-/m1/s1. The highest BCUT2D eigenvalue weighted by Gasteiger charge is 2.29. The van der Waals surface area contributed by atoms with Gasteiger partial charge in [0.05, 0.1) is 29.8 Å². The topological polar surface area (TPSA) is 81.5 Å². The number of carbonyl (C=O) groups is 1. The van der Waals surface area contributed by atoms with E-state index in [1.807, 2.05) is 36.7 Å². The molecule has 0 saturated carbocycles. The summed E-state index contributed by atoms with van der Waals surface area (Å²) in [6.07, 6.45) is 2.09. The van der Waals surface area contributed by atoms with Gasteiger partial charge >= 0.3 is 0 Å². The number of ether oxygens (including phenoxy) is 2. The van der Waals surface area contributed by atoms with Crippen LogP contribution in [0.3, 0.4) is 0 Å². The Labute approximate surface area is 174 Å². The first-order chi connectivity index (χ1) is 14.5. The molecule has 1 aromatic carbocycles. The number of nitrogens with zero attached hydrogens (tertiary/aromatic N) is 4. The Kier molecular flexibility index (Phi) is 4.49. The molecule has 0 bridgehead atoms. The fraction of sp³-hybridized carbons (Fsp3) is 0.409. The lowest BCUT2D eigenvalue weighted by atomic mass is 10.0. The summed E-state index contributed by atoms with van der Waals surface area (Å²) in [6, 6.07) is 8.11. The van der Waals surface area contributed by atoms with Crippen molar-refractivity contribution < 1.29 is 14.3 Å². The van der Waals surface area contributed by atoms with Gasteiger partial charge in [-0.25, -0.2) is 9.97 Å². The first kappa shape index (κ1) is 18.7. The second kappa shape index (κ2) is 7.19. The molecule has 8 heteroatoms. The van der Waals surface area contributed by atoms with E-state index < -0.39 is 0 Å². The molecule has 3 aromatic rings. The van der Waals surface area contributed by atoms with Gasteiger partial charge in [0, 0.05) is 38.5 Å². The molecule has 2 aliphatic heterocycles. The Morgan fingerprint density at radius 3 is 2.97 bits per heavy atom. The summed E-state index contributed by atoms with van der Waals surface area (Å²) in [5.74, 6) is 1.58. The Morgan fingerprint density at radius 1 is 1.30 bits per heavy atom. The monoisotopic (exact) mass is 407 g/mol. The summed E-state index contributed by atoms with van der Waals surface area (Å²) in [7, 11) is 3.99. The summed E-state index contributed by atoms with van der Waals surface area (Å²) in [6.45, 7) is 4.16. The largest absolute Gasteiger partial charge is 0.490 e. The molecule has 0 spiro atoms. The Balaban J connectivity index is 1.53. The summed E-state index contributed by atoms with van der Waals surface area (Å²) in [4.78, 5) is 23.2. The Bertz CT molecular complexity index is 1130. The number of likely N-dealkylation sites (N-methyl/N-ethyl adjacent to an activating group) is 1. The number of fused-ring (bicyclic) bond motifs is 2. The van der Waals surface area contributed by atoms with Gasteiger partial charge in [-0.2, -0.15) is 0 Å². The van der Waals surface area contributed by atoms with Gasteiger partial charge in [-0.3, -0.25) is 4.79 Å². The number of pyridine rings is 1. The lowest BCUT2D eigenvalue weighted by Gasteiger charge is -2.28. The molecule has 1 fully saturated rings. The zero-order valence-electron chi connectivity index (χ0n) is 17.4. The molecule has 156 valence electrons. The maximum absolute atomic E-state index is 11.6. The minimum atomic E-state index is -0.148. The first-order valence-electron chi connectivity index (χ1n) is 10.2. The predicted octanol–water partition coefficient (Wildman–Crippen LogP) is 2.37. The normalized spacial score (nSPS) is 19.4. The first-order valence-corrected chi connectivity index (χ1v) is 10.2. The smallest absolute Gasteiger partial charge is 0.241 e. The zero-order valence-corrected chi connectivity index (χ0v) is 17.4. The van der Waals surface area contributed by atoms with Crippen LogP contribution in [0.2, 0.25) is 0 Å². The number of carbonyl (C=O) groups excluding carboxylic acids is 1. The average molecular weight is 407 g/mol. The average Bonchev–Trinajstić information content (AvgIpc) is 3.34. The van der Waals surface area contributed by atoms with E-state index >= 15 is 0 Å². The molecule has 1 saturated heterocycles. The molecule has 2 aromatic heterocycles. The molecule has 2 atom stereocenters. The van der Waals surface area contributed by atoms with Crippen LogP contribution >= 0.6 is 0 Å². The Morgan fingerprint density at radius 2 is 2.17 bits per heavy atom. The number of imidazole rings is 1. The minimum Gasteiger partial charge on any atom is -0.490 e. The van der Waals surface area contributed by atoms with Crippen LogP contribution in [0.25, 0.3) is 22.3 Å².